The average molecular weight is 201 g/mol. The molecule has 0 spiro atoms. The van der Waals surface area contributed by atoms with Crippen molar-refractivity contribution >= 4 is 28.6 Å². The van der Waals surface area contributed by atoms with Crippen molar-refractivity contribution in [3.8, 4) is 6.07 Å². The van der Waals surface area contributed by atoms with Gasteiger partial charge in [-0.15, -0.1) is 11.3 Å². The van der Waals surface area contributed by atoms with Crippen LogP contribution >= 0.6 is 22.9 Å². The lowest BCUT2D eigenvalue weighted by Gasteiger charge is -2.01. The molecule has 64 valence electrons. The van der Waals surface area contributed by atoms with Crippen LogP contribution in [0.25, 0.3) is 0 Å². The quantitative estimate of drug-likeness (QED) is 0.759. The molecule has 4 heteroatoms. The third kappa shape index (κ3) is 2.72. The van der Waals surface area contributed by atoms with E-state index in [1.54, 1.807) is 0 Å². The highest BCUT2D eigenvalue weighted by atomic mass is 35.5. The molecule has 1 N–H and O–H groups in total. The van der Waals surface area contributed by atoms with Gasteiger partial charge in [0.1, 0.15) is 4.34 Å². The van der Waals surface area contributed by atoms with E-state index < -0.39 is 0 Å². The molecule has 1 rings (SSSR count). The standard InChI is InChI=1S/C8H9ClN2S/c9-8-7(3-6-12-8)11-5-2-1-4-10/h3,6,11H,1-2,5H2. The molecule has 0 fully saturated rings. The summed E-state index contributed by atoms with van der Waals surface area (Å²) in [6, 6.07) is 4.04. The lowest BCUT2D eigenvalue weighted by Crippen LogP contribution is -1.99. The van der Waals surface area contributed by atoms with Crippen molar-refractivity contribution in [1.82, 2.24) is 0 Å². The minimum absolute atomic E-state index is 0.592. The third-order valence-corrected chi connectivity index (χ3v) is 2.57. The maximum absolute atomic E-state index is 8.28. The van der Waals surface area contributed by atoms with Crippen molar-refractivity contribution in [3.63, 3.8) is 0 Å². The lowest BCUT2D eigenvalue weighted by molar-refractivity contribution is 0.898. The summed E-state index contributed by atoms with van der Waals surface area (Å²) in [6.07, 6.45) is 1.46. The number of anilines is 1. The Bertz CT molecular complexity index is 277. The number of nitriles is 1. The van der Waals surface area contributed by atoms with Crippen LogP contribution in [0.1, 0.15) is 12.8 Å². The predicted molar refractivity (Wildman–Crippen MR) is 52.7 cm³/mol. The number of thiophene rings is 1. The van der Waals surface area contributed by atoms with Crippen LogP contribution in [0.3, 0.4) is 0 Å². The zero-order valence-electron chi connectivity index (χ0n) is 6.51. The minimum Gasteiger partial charge on any atom is -0.383 e. The van der Waals surface area contributed by atoms with Crippen LogP contribution in [0.5, 0.6) is 0 Å². The summed E-state index contributed by atoms with van der Waals surface area (Å²) >= 11 is 7.35. The van der Waals surface area contributed by atoms with Gasteiger partial charge in [-0.1, -0.05) is 11.6 Å². The Morgan fingerprint density at radius 3 is 3.08 bits per heavy atom. The van der Waals surface area contributed by atoms with E-state index >= 15 is 0 Å². The Labute approximate surface area is 80.8 Å². The molecular formula is C8H9ClN2S. The topological polar surface area (TPSA) is 35.8 Å². The zero-order valence-corrected chi connectivity index (χ0v) is 8.08. The Balaban J connectivity index is 2.25. The average Bonchev–Trinajstić information content (AvgIpc) is 2.46. The molecule has 0 atom stereocenters. The van der Waals surface area contributed by atoms with Crippen molar-refractivity contribution < 1.29 is 0 Å². The Kier molecular flexibility index (Phi) is 3.92. The Hall–Kier alpha value is -0.720. The van der Waals surface area contributed by atoms with Gasteiger partial charge in [0.15, 0.2) is 0 Å². The molecule has 2 nitrogen and oxygen atoms in total. The zero-order chi connectivity index (χ0) is 8.81. The number of hydrogen-bond acceptors (Lipinski definition) is 3. The highest BCUT2D eigenvalue weighted by Crippen LogP contribution is 2.27. The van der Waals surface area contributed by atoms with Crippen molar-refractivity contribution in [2.24, 2.45) is 0 Å². The second-order valence-electron chi connectivity index (χ2n) is 2.30. The molecule has 0 amide bonds. The molecule has 0 unspecified atom stereocenters. The summed E-state index contributed by atoms with van der Waals surface area (Å²) in [5.74, 6) is 0. The maximum atomic E-state index is 8.28. The minimum atomic E-state index is 0.592. The van der Waals surface area contributed by atoms with Gasteiger partial charge in [0, 0.05) is 13.0 Å². The summed E-state index contributed by atoms with van der Waals surface area (Å²) in [5, 5.41) is 13.4. The van der Waals surface area contributed by atoms with Gasteiger partial charge in [-0.25, -0.2) is 0 Å². The van der Waals surface area contributed by atoms with E-state index in [0.717, 1.165) is 23.0 Å². The van der Waals surface area contributed by atoms with E-state index in [1.807, 2.05) is 11.4 Å². The molecule has 0 aliphatic rings. The van der Waals surface area contributed by atoms with Crippen LogP contribution in [-0.2, 0) is 0 Å². The van der Waals surface area contributed by atoms with E-state index in [9.17, 15) is 0 Å². The van der Waals surface area contributed by atoms with Gasteiger partial charge in [-0.3, -0.25) is 0 Å². The van der Waals surface area contributed by atoms with Crippen LogP contribution in [0.4, 0.5) is 5.69 Å². The smallest absolute Gasteiger partial charge is 0.116 e. The summed E-state index contributed by atoms with van der Waals surface area (Å²) in [6.45, 7) is 0.810. The molecule has 0 radical (unpaired) electrons. The van der Waals surface area contributed by atoms with E-state index in [1.165, 1.54) is 11.3 Å². The molecule has 12 heavy (non-hydrogen) atoms. The van der Waals surface area contributed by atoms with Gasteiger partial charge in [-0.05, 0) is 17.9 Å². The summed E-state index contributed by atoms with van der Waals surface area (Å²) in [7, 11) is 0. The number of rotatable bonds is 4. The molecule has 0 saturated carbocycles. The van der Waals surface area contributed by atoms with Crippen molar-refractivity contribution in [2.45, 2.75) is 12.8 Å². The van der Waals surface area contributed by atoms with Crippen LogP contribution in [0.2, 0.25) is 4.34 Å². The molecule has 0 aromatic carbocycles. The first-order valence-corrected chi connectivity index (χ1v) is 4.94. The second-order valence-corrected chi connectivity index (χ2v) is 3.81. The van der Waals surface area contributed by atoms with Gasteiger partial charge < -0.3 is 5.32 Å². The molecule has 0 aliphatic carbocycles. The first kappa shape index (κ1) is 9.37. The summed E-state index contributed by atoms with van der Waals surface area (Å²) < 4.78 is 0.784. The molecule has 1 aromatic rings. The SMILES string of the molecule is N#CCCCNc1ccsc1Cl. The fraction of sp³-hybridized carbons (Fsp3) is 0.375. The molecular weight excluding hydrogens is 192 g/mol. The van der Waals surface area contributed by atoms with E-state index in [4.69, 9.17) is 16.9 Å². The Morgan fingerprint density at radius 1 is 1.67 bits per heavy atom. The molecule has 0 saturated heterocycles. The summed E-state index contributed by atoms with van der Waals surface area (Å²) in [5.41, 5.74) is 0.972. The number of nitrogens with one attached hydrogen (secondary N) is 1. The first-order chi connectivity index (χ1) is 5.84. The van der Waals surface area contributed by atoms with Crippen molar-refractivity contribution in [2.75, 3.05) is 11.9 Å². The van der Waals surface area contributed by atoms with Crippen LogP contribution in [-0.4, -0.2) is 6.54 Å². The molecule has 0 aliphatic heterocycles. The number of nitrogens with zero attached hydrogens (tertiary/aromatic N) is 1. The number of unbranched alkanes of at least 4 members (excludes halogenated alkanes) is 1. The fourth-order valence-corrected chi connectivity index (χ4v) is 1.68. The van der Waals surface area contributed by atoms with Crippen molar-refractivity contribution in [3.05, 3.63) is 15.8 Å². The maximum Gasteiger partial charge on any atom is 0.116 e. The van der Waals surface area contributed by atoms with E-state index in [0.29, 0.717) is 6.42 Å². The monoisotopic (exact) mass is 200 g/mol. The number of halogens is 1. The molecule has 1 aromatic heterocycles. The van der Waals surface area contributed by atoms with Gasteiger partial charge in [0.2, 0.25) is 0 Å². The third-order valence-electron chi connectivity index (χ3n) is 1.40. The second kappa shape index (κ2) is 5.02. The van der Waals surface area contributed by atoms with E-state index in [2.05, 4.69) is 11.4 Å². The Morgan fingerprint density at radius 2 is 2.50 bits per heavy atom. The first-order valence-electron chi connectivity index (χ1n) is 3.68. The summed E-state index contributed by atoms with van der Waals surface area (Å²) in [4.78, 5) is 0. The van der Waals surface area contributed by atoms with Gasteiger partial charge in [0.05, 0.1) is 11.8 Å². The molecule has 0 bridgehead atoms. The van der Waals surface area contributed by atoms with Crippen LogP contribution < -0.4 is 5.32 Å². The predicted octanol–water partition coefficient (Wildman–Crippen LogP) is 3.12. The number of hydrogen-bond donors (Lipinski definition) is 1. The van der Waals surface area contributed by atoms with Gasteiger partial charge >= 0.3 is 0 Å². The molecule has 1 heterocycles. The van der Waals surface area contributed by atoms with E-state index in [-0.39, 0.29) is 0 Å². The van der Waals surface area contributed by atoms with Crippen LogP contribution in [0.15, 0.2) is 11.4 Å². The largest absolute Gasteiger partial charge is 0.383 e. The fourth-order valence-electron chi connectivity index (χ4n) is 0.810. The highest BCUT2D eigenvalue weighted by molar-refractivity contribution is 7.15. The lowest BCUT2D eigenvalue weighted by atomic mass is 10.3. The van der Waals surface area contributed by atoms with Crippen LogP contribution in [0, 0.1) is 11.3 Å². The highest BCUT2D eigenvalue weighted by Gasteiger charge is 1.98. The normalized spacial score (nSPS) is 9.33. The van der Waals surface area contributed by atoms with Gasteiger partial charge in [0.25, 0.3) is 0 Å². The van der Waals surface area contributed by atoms with Gasteiger partial charge in [-0.2, -0.15) is 5.26 Å². The van der Waals surface area contributed by atoms with Crippen molar-refractivity contribution in [1.29, 1.82) is 5.26 Å².